The van der Waals surface area contributed by atoms with Gasteiger partial charge in [-0.05, 0) is 13.8 Å². The van der Waals surface area contributed by atoms with Crippen LogP contribution in [0.2, 0.25) is 0 Å². The molecule has 0 unspecified atom stereocenters. The number of nitrogens with one attached hydrogen (secondary N) is 1. The van der Waals surface area contributed by atoms with Crippen molar-refractivity contribution in [1.29, 1.82) is 0 Å². The smallest absolute Gasteiger partial charge is 0.177 e. The maximum absolute atomic E-state index is 4.51. The molecule has 0 spiro atoms. The first kappa shape index (κ1) is 12.5. The van der Waals surface area contributed by atoms with Crippen LogP contribution in [0.25, 0.3) is 11.5 Å². The molecule has 0 amide bonds. The molecule has 18 heavy (non-hydrogen) atoms. The predicted molar refractivity (Wildman–Crippen MR) is 70.4 cm³/mol. The highest BCUT2D eigenvalue weighted by Gasteiger charge is 2.13. The second-order valence-electron chi connectivity index (χ2n) is 4.28. The minimum absolute atomic E-state index is 0.251. The molecule has 2 heterocycles. The Labute approximate surface area is 106 Å². The van der Waals surface area contributed by atoms with E-state index in [1.165, 1.54) is 0 Å². The van der Waals surface area contributed by atoms with E-state index in [-0.39, 0.29) is 6.04 Å². The highest BCUT2D eigenvalue weighted by atomic mass is 15.3. The van der Waals surface area contributed by atoms with Crippen LogP contribution in [0.3, 0.4) is 0 Å². The van der Waals surface area contributed by atoms with Crippen LogP contribution >= 0.6 is 0 Å². The van der Waals surface area contributed by atoms with Gasteiger partial charge in [-0.1, -0.05) is 6.92 Å². The third kappa shape index (κ3) is 2.32. The van der Waals surface area contributed by atoms with E-state index in [2.05, 4.69) is 39.2 Å². The fourth-order valence-electron chi connectivity index (χ4n) is 1.71. The Hall–Kier alpha value is -1.98. The normalized spacial score (nSPS) is 10.9. The van der Waals surface area contributed by atoms with Gasteiger partial charge in [0.2, 0.25) is 0 Å². The van der Waals surface area contributed by atoms with Crippen LogP contribution in [0.4, 0.5) is 5.82 Å². The molecule has 0 aromatic carbocycles. The third-order valence-electron chi connectivity index (χ3n) is 2.64. The molecule has 0 aliphatic carbocycles. The predicted octanol–water partition coefficient (Wildman–Crippen LogP) is 1.92. The number of rotatable bonds is 4. The lowest BCUT2D eigenvalue weighted by Gasteiger charge is -2.10. The van der Waals surface area contributed by atoms with Gasteiger partial charge in [0.25, 0.3) is 0 Å². The monoisotopic (exact) mass is 246 g/mol. The van der Waals surface area contributed by atoms with Crippen molar-refractivity contribution in [3.05, 3.63) is 18.2 Å². The number of anilines is 1. The van der Waals surface area contributed by atoms with Crippen molar-refractivity contribution in [3.63, 3.8) is 0 Å². The van der Waals surface area contributed by atoms with Crippen LogP contribution in [0, 0.1) is 0 Å². The van der Waals surface area contributed by atoms with E-state index in [0.717, 1.165) is 29.6 Å². The van der Waals surface area contributed by atoms with Gasteiger partial charge < -0.3 is 5.32 Å². The SMILES string of the molecule is CCc1nc(NC)cc(-c2ncnn2C(C)C)n1. The lowest BCUT2D eigenvalue weighted by atomic mass is 10.3. The Morgan fingerprint density at radius 2 is 2.11 bits per heavy atom. The van der Waals surface area contributed by atoms with Gasteiger partial charge in [0.1, 0.15) is 23.7 Å². The maximum atomic E-state index is 4.51. The molecule has 0 saturated carbocycles. The summed E-state index contributed by atoms with van der Waals surface area (Å²) in [5.41, 5.74) is 0.803. The molecule has 6 heteroatoms. The van der Waals surface area contributed by atoms with Crippen LogP contribution in [-0.4, -0.2) is 31.8 Å². The second-order valence-corrected chi connectivity index (χ2v) is 4.28. The molecule has 0 bridgehead atoms. The van der Waals surface area contributed by atoms with Gasteiger partial charge >= 0.3 is 0 Å². The van der Waals surface area contributed by atoms with Crippen LogP contribution in [0.1, 0.15) is 32.6 Å². The lowest BCUT2D eigenvalue weighted by molar-refractivity contribution is 0.536. The Kier molecular flexibility index (Phi) is 3.55. The Morgan fingerprint density at radius 1 is 1.33 bits per heavy atom. The van der Waals surface area contributed by atoms with Gasteiger partial charge in [0.15, 0.2) is 5.82 Å². The van der Waals surface area contributed by atoms with Gasteiger partial charge in [-0.15, -0.1) is 0 Å². The molecule has 2 aromatic rings. The Balaban J connectivity index is 2.52. The van der Waals surface area contributed by atoms with Gasteiger partial charge in [-0.3, -0.25) is 0 Å². The van der Waals surface area contributed by atoms with Crippen molar-refractivity contribution in [2.45, 2.75) is 33.2 Å². The standard InChI is InChI=1S/C12H18N6/c1-5-10-16-9(6-11(13-4)17-10)12-14-7-15-18(12)8(2)3/h6-8H,5H2,1-4H3,(H,13,16,17). The molecule has 96 valence electrons. The van der Waals surface area contributed by atoms with Crippen molar-refractivity contribution in [2.24, 2.45) is 0 Å². The largest absolute Gasteiger partial charge is 0.373 e. The Morgan fingerprint density at radius 3 is 2.72 bits per heavy atom. The minimum Gasteiger partial charge on any atom is -0.373 e. The summed E-state index contributed by atoms with van der Waals surface area (Å²) in [5, 5.41) is 7.27. The van der Waals surface area contributed by atoms with E-state index >= 15 is 0 Å². The molecule has 0 saturated heterocycles. The van der Waals surface area contributed by atoms with Crippen LogP contribution in [0.5, 0.6) is 0 Å². The minimum atomic E-state index is 0.251. The van der Waals surface area contributed by atoms with Gasteiger partial charge in [0.05, 0.1) is 0 Å². The summed E-state index contributed by atoms with van der Waals surface area (Å²) in [6.45, 7) is 6.17. The summed E-state index contributed by atoms with van der Waals surface area (Å²) in [7, 11) is 1.85. The van der Waals surface area contributed by atoms with Crippen LogP contribution < -0.4 is 5.32 Å². The zero-order valence-corrected chi connectivity index (χ0v) is 11.2. The molecule has 0 aliphatic rings. The van der Waals surface area contributed by atoms with E-state index in [1.54, 1.807) is 6.33 Å². The fraction of sp³-hybridized carbons (Fsp3) is 0.500. The molecule has 2 aromatic heterocycles. The quantitative estimate of drug-likeness (QED) is 0.892. The van der Waals surface area contributed by atoms with E-state index < -0.39 is 0 Å². The van der Waals surface area contributed by atoms with Crippen molar-refractivity contribution in [1.82, 2.24) is 24.7 Å². The Bertz CT molecular complexity index is 509. The highest BCUT2D eigenvalue weighted by Crippen LogP contribution is 2.20. The third-order valence-corrected chi connectivity index (χ3v) is 2.64. The molecule has 0 fully saturated rings. The molecule has 0 radical (unpaired) electrons. The number of aromatic nitrogens is 5. The van der Waals surface area contributed by atoms with Crippen molar-refractivity contribution in [2.75, 3.05) is 12.4 Å². The maximum Gasteiger partial charge on any atom is 0.177 e. The van der Waals surface area contributed by atoms with Gasteiger partial charge in [-0.2, -0.15) is 5.10 Å². The number of nitrogens with zero attached hydrogens (tertiary/aromatic N) is 5. The average molecular weight is 246 g/mol. The lowest BCUT2D eigenvalue weighted by Crippen LogP contribution is -2.08. The summed E-state index contributed by atoms with van der Waals surface area (Å²) in [5.74, 6) is 2.38. The van der Waals surface area contributed by atoms with Gasteiger partial charge in [-0.25, -0.2) is 19.6 Å². The molecular weight excluding hydrogens is 228 g/mol. The first-order valence-corrected chi connectivity index (χ1v) is 6.11. The summed E-state index contributed by atoms with van der Waals surface area (Å²) >= 11 is 0. The topological polar surface area (TPSA) is 68.5 Å². The van der Waals surface area contributed by atoms with E-state index in [9.17, 15) is 0 Å². The first-order chi connectivity index (χ1) is 8.65. The molecule has 2 rings (SSSR count). The molecule has 0 atom stereocenters. The molecule has 1 N–H and O–H groups in total. The van der Waals surface area contributed by atoms with Crippen molar-refractivity contribution >= 4 is 5.82 Å². The molecule has 6 nitrogen and oxygen atoms in total. The van der Waals surface area contributed by atoms with Gasteiger partial charge in [0, 0.05) is 25.6 Å². The number of hydrogen-bond donors (Lipinski definition) is 1. The summed E-state index contributed by atoms with van der Waals surface area (Å²) in [4.78, 5) is 13.2. The number of hydrogen-bond acceptors (Lipinski definition) is 5. The van der Waals surface area contributed by atoms with Crippen molar-refractivity contribution < 1.29 is 0 Å². The van der Waals surface area contributed by atoms with E-state index in [4.69, 9.17) is 0 Å². The molecule has 0 aliphatic heterocycles. The summed E-state index contributed by atoms with van der Waals surface area (Å²) in [6, 6.07) is 2.14. The van der Waals surface area contributed by atoms with E-state index in [1.807, 2.05) is 24.7 Å². The summed E-state index contributed by atoms with van der Waals surface area (Å²) in [6.07, 6.45) is 2.35. The molecular formula is C12H18N6. The number of aryl methyl sites for hydroxylation is 1. The zero-order chi connectivity index (χ0) is 13.1. The summed E-state index contributed by atoms with van der Waals surface area (Å²) < 4.78 is 1.86. The van der Waals surface area contributed by atoms with Crippen LogP contribution in [0.15, 0.2) is 12.4 Å². The first-order valence-electron chi connectivity index (χ1n) is 6.11. The average Bonchev–Trinajstić information content (AvgIpc) is 2.87. The zero-order valence-electron chi connectivity index (χ0n) is 11.2. The highest BCUT2D eigenvalue weighted by molar-refractivity contribution is 5.55. The second kappa shape index (κ2) is 5.12. The fourth-order valence-corrected chi connectivity index (χ4v) is 1.71. The van der Waals surface area contributed by atoms with E-state index in [0.29, 0.717) is 0 Å². The van der Waals surface area contributed by atoms with Crippen LogP contribution in [-0.2, 0) is 6.42 Å². The van der Waals surface area contributed by atoms with Crippen molar-refractivity contribution in [3.8, 4) is 11.5 Å².